The van der Waals surface area contributed by atoms with Gasteiger partial charge in [0.2, 0.25) is 5.88 Å². The number of nitrogens with zero attached hydrogens (tertiary/aromatic N) is 1. The Hall–Kier alpha value is -1.39. The van der Waals surface area contributed by atoms with Crippen LogP contribution in [-0.2, 0) is 0 Å². The first-order valence-electron chi connectivity index (χ1n) is 4.08. The summed E-state index contributed by atoms with van der Waals surface area (Å²) in [6, 6.07) is 5.34. The van der Waals surface area contributed by atoms with Crippen molar-refractivity contribution in [1.29, 1.82) is 0 Å². The minimum absolute atomic E-state index is 0.241. The Labute approximate surface area is 96.0 Å². The van der Waals surface area contributed by atoms with Gasteiger partial charge in [-0.15, -0.1) is 0 Å². The number of hydrogen-bond acceptors (Lipinski definition) is 4. The minimum atomic E-state index is 0.241. The van der Waals surface area contributed by atoms with Crippen LogP contribution < -0.4 is 11.1 Å². The second kappa shape index (κ2) is 4.00. The third-order valence-corrected chi connectivity index (χ3v) is 2.07. The molecule has 2 rings (SSSR count). The summed E-state index contributed by atoms with van der Waals surface area (Å²) in [5.74, 6) is 0.241. The van der Waals surface area contributed by atoms with Crippen molar-refractivity contribution in [3.05, 3.63) is 34.4 Å². The highest BCUT2D eigenvalue weighted by atomic mass is 35.5. The molecular weight excluding hydrogens is 237 g/mol. The zero-order valence-electron chi connectivity index (χ0n) is 7.50. The maximum Gasteiger partial charge on any atom is 0.300 e. The third kappa shape index (κ3) is 2.55. The molecule has 0 bridgehead atoms. The van der Waals surface area contributed by atoms with Crippen molar-refractivity contribution in [2.75, 3.05) is 11.1 Å². The molecule has 3 N–H and O–H groups in total. The Morgan fingerprint density at radius 2 is 1.87 bits per heavy atom. The van der Waals surface area contributed by atoms with Crippen LogP contribution in [0.5, 0.6) is 0 Å². The summed E-state index contributed by atoms with van der Waals surface area (Å²) in [5.41, 5.74) is 6.06. The zero-order chi connectivity index (χ0) is 10.8. The highest BCUT2D eigenvalue weighted by molar-refractivity contribution is 6.35. The molecule has 0 radical (unpaired) electrons. The Morgan fingerprint density at radius 3 is 2.40 bits per heavy atom. The van der Waals surface area contributed by atoms with Crippen molar-refractivity contribution in [3.8, 4) is 0 Å². The molecule has 2 aromatic rings. The number of hydrogen-bond donors (Lipinski definition) is 2. The van der Waals surface area contributed by atoms with E-state index in [4.69, 9.17) is 33.4 Å². The highest BCUT2D eigenvalue weighted by Gasteiger charge is 2.03. The summed E-state index contributed by atoms with van der Waals surface area (Å²) < 4.78 is 5.04. The van der Waals surface area contributed by atoms with Gasteiger partial charge in [0.1, 0.15) is 0 Å². The summed E-state index contributed by atoms with van der Waals surface area (Å²) in [5, 5.41) is 3.94. The topological polar surface area (TPSA) is 64.1 Å². The molecule has 0 fully saturated rings. The van der Waals surface area contributed by atoms with Crippen molar-refractivity contribution < 1.29 is 4.42 Å². The summed E-state index contributed by atoms with van der Waals surface area (Å²) in [4.78, 5) is 3.88. The number of aromatic nitrogens is 1. The molecule has 0 aliphatic rings. The van der Waals surface area contributed by atoms with E-state index >= 15 is 0 Å². The molecule has 78 valence electrons. The summed E-state index contributed by atoms with van der Waals surface area (Å²) >= 11 is 11.6. The van der Waals surface area contributed by atoms with Crippen molar-refractivity contribution in [2.45, 2.75) is 0 Å². The molecule has 0 atom stereocenters. The van der Waals surface area contributed by atoms with Gasteiger partial charge in [-0.25, -0.2) is 0 Å². The lowest BCUT2D eigenvalue weighted by Crippen LogP contribution is -1.89. The molecule has 0 aliphatic heterocycles. The van der Waals surface area contributed by atoms with E-state index in [0.717, 1.165) is 0 Å². The normalized spacial score (nSPS) is 10.3. The quantitative estimate of drug-likeness (QED) is 0.850. The fourth-order valence-electron chi connectivity index (χ4n) is 1.09. The van der Waals surface area contributed by atoms with Gasteiger partial charge in [-0.3, -0.25) is 0 Å². The van der Waals surface area contributed by atoms with Gasteiger partial charge < -0.3 is 15.5 Å². The predicted octanol–water partition coefficient (Wildman–Crippen LogP) is 3.31. The Bertz CT molecular complexity index is 464. The fraction of sp³-hybridized carbons (Fsp3) is 0. The summed E-state index contributed by atoms with van der Waals surface area (Å²) in [7, 11) is 0. The molecule has 1 aromatic heterocycles. The predicted molar refractivity (Wildman–Crippen MR) is 60.7 cm³/mol. The zero-order valence-corrected chi connectivity index (χ0v) is 9.01. The standard InChI is InChI=1S/C9H7Cl2N3O/c10-5-1-6(11)3-7(2-5)14-9-13-4-8(12)15-9/h1-4H,12H2,(H,13,14). The van der Waals surface area contributed by atoms with E-state index < -0.39 is 0 Å². The molecule has 1 heterocycles. The van der Waals surface area contributed by atoms with E-state index in [9.17, 15) is 0 Å². The number of nitrogens with two attached hydrogens (primary N) is 1. The molecule has 0 saturated carbocycles. The first-order valence-corrected chi connectivity index (χ1v) is 4.83. The van der Waals surface area contributed by atoms with Crippen LogP contribution >= 0.6 is 23.2 Å². The Balaban J connectivity index is 2.24. The average molecular weight is 244 g/mol. The Kier molecular flexibility index (Phi) is 2.70. The van der Waals surface area contributed by atoms with Crippen LogP contribution in [0.25, 0.3) is 0 Å². The molecule has 4 nitrogen and oxygen atoms in total. The second-order valence-corrected chi connectivity index (χ2v) is 3.72. The lowest BCUT2D eigenvalue weighted by Gasteiger charge is -2.02. The molecule has 0 amide bonds. The van der Waals surface area contributed by atoms with Gasteiger partial charge in [-0.1, -0.05) is 23.2 Å². The lowest BCUT2D eigenvalue weighted by molar-refractivity contribution is 0.597. The lowest BCUT2D eigenvalue weighted by atomic mass is 10.3. The maximum absolute atomic E-state index is 5.82. The van der Waals surface area contributed by atoms with Crippen molar-refractivity contribution in [3.63, 3.8) is 0 Å². The molecule has 15 heavy (non-hydrogen) atoms. The fourth-order valence-corrected chi connectivity index (χ4v) is 1.62. The number of benzene rings is 1. The van der Waals surface area contributed by atoms with Crippen LogP contribution in [0.4, 0.5) is 17.6 Å². The van der Waals surface area contributed by atoms with Crippen LogP contribution in [0, 0.1) is 0 Å². The number of rotatable bonds is 2. The van der Waals surface area contributed by atoms with Crippen LogP contribution in [-0.4, -0.2) is 4.98 Å². The van der Waals surface area contributed by atoms with Gasteiger partial charge in [-0.05, 0) is 18.2 Å². The summed E-state index contributed by atoms with van der Waals surface area (Å²) in [6.07, 6.45) is 1.41. The molecule has 6 heteroatoms. The first kappa shape index (κ1) is 10.1. The maximum atomic E-state index is 5.82. The van der Waals surface area contributed by atoms with Gasteiger partial charge in [0.05, 0.1) is 6.20 Å². The van der Waals surface area contributed by atoms with Gasteiger partial charge in [0.15, 0.2) is 0 Å². The van der Waals surface area contributed by atoms with E-state index in [2.05, 4.69) is 10.3 Å². The number of nitrogens with one attached hydrogen (secondary N) is 1. The van der Waals surface area contributed by atoms with Gasteiger partial charge in [0, 0.05) is 15.7 Å². The van der Waals surface area contributed by atoms with Crippen molar-refractivity contribution in [2.24, 2.45) is 0 Å². The number of anilines is 3. The number of oxazole rings is 1. The molecular formula is C9H7Cl2N3O. The summed E-state index contributed by atoms with van der Waals surface area (Å²) in [6.45, 7) is 0. The van der Waals surface area contributed by atoms with Gasteiger partial charge >= 0.3 is 6.01 Å². The van der Waals surface area contributed by atoms with Crippen LogP contribution in [0.15, 0.2) is 28.8 Å². The molecule has 1 aromatic carbocycles. The minimum Gasteiger partial charge on any atom is -0.408 e. The smallest absolute Gasteiger partial charge is 0.300 e. The van der Waals surface area contributed by atoms with Crippen LogP contribution in [0.1, 0.15) is 0 Å². The van der Waals surface area contributed by atoms with E-state index in [1.165, 1.54) is 6.20 Å². The number of nitrogen functional groups attached to an aromatic ring is 1. The van der Waals surface area contributed by atoms with E-state index in [1.54, 1.807) is 18.2 Å². The van der Waals surface area contributed by atoms with Crippen molar-refractivity contribution in [1.82, 2.24) is 4.98 Å². The number of halogens is 2. The molecule has 0 aliphatic carbocycles. The Morgan fingerprint density at radius 1 is 1.20 bits per heavy atom. The van der Waals surface area contributed by atoms with Gasteiger partial charge in [0.25, 0.3) is 0 Å². The molecule has 0 saturated heterocycles. The van der Waals surface area contributed by atoms with Crippen LogP contribution in [0.2, 0.25) is 10.0 Å². The largest absolute Gasteiger partial charge is 0.408 e. The first-order chi connectivity index (χ1) is 7.13. The third-order valence-electron chi connectivity index (χ3n) is 1.64. The monoisotopic (exact) mass is 243 g/mol. The average Bonchev–Trinajstić information content (AvgIpc) is 2.49. The molecule has 0 unspecified atom stereocenters. The molecule has 0 spiro atoms. The van der Waals surface area contributed by atoms with E-state index in [-0.39, 0.29) is 5.88 Å². The van der Waals surface area contributed by atoms with Crippen LogP contribution in [0.3, 0.4) is 0 Å². The van der Waals surface area contributed by atoms with E-state index in [1.807, 2.05) is 0 Å². The van der Waals surface area contributed by atoms with Gasteiger partial charge in [-0.2, -0.15) is 4.98 Å². The van der Waals surface area contributed by atoms with E-state index in [0.29, 0.717) is 21.7 Å². The highest BCUT2D eigenvalue weighted by Crippen LogP contribution is 2.25. The SMILES string of the molecule is Nc1cnc(Nc2cc(Cl)cc(Cl)c2)o1. The second-order valence-electron chi connectivity index (χ2n) is 2.85. The van der Waals surface area contributed by atoms with Crippen molar-refractivity contribution >= 4 is 40.8 Å².